The molecule has 6 heteroatoms. The topological polar surface area (TPSA) is 64.7 Å². The van der Waals surface area contributed by atoms with E-state index in [0.29, 0.717) is 17.5 Å². The summed E-state index contributed by atoms with van der Waals surface area (Å²) in [5.41, 5.74) is 13.5. The Hall–Kier alpha value is -6.76. The SMILES string of the molecule is CC1(C)c2cc(-c3nc(-c4cccc(-c5ccccc5)c4)nc(-c4cccc5c4oc4ccccc45)n3)ccc2-c2ccc3nc(-c4ccccc4)sc3c21. The fourth-order valence-electron chi connectivity index (χ4n) is 8.26. The molecule has 1 aliphatic carbocycles. The van der Waals surface area contributed by atoms with E-state index in [2.05, 4.69) is 135 Å². The zero-order chi connectivity index (χ0) is 36.7. The summed E-state index contributed by atoms with van der Waals surface area (Å²) in [6.45, 7) is 4.65. The summed E-state index contributed by atoms with van der Waals surface area (Å²) in [5.74, 6) is 1.79. The second kappa shape index (κ2) is 12.1. The molecule has 260 valence electrons. The van der Waals surface area contributed by atoms with Gasteiger partial charge in [0.15, 0.2) is 17.5 Å². The summed E-state index contributed by atoms with van der Waals surface area (Å²) in [5, 5.41) is 3.14. The number of hydrogen-bond donors (Lipinski definition) is 0. The van der Waals surface area contributed by atoms with Gasteiger partial charge in [-0.2, -0.15) is 0 Å². The predicted molar refractivity (Wildman–Crippen MR) is 225 cm³/mol. The number of rotatable bonds is 5. The Kier molecular flexibility index (Phi) is 7.00. The number of aromatic nitrogens is 4. The van der Waals surface area contributed by atoms with Crippen molar-refractivity contribution < 1.29 is 4.42 Å². The number of thiazole rings is 1. The Bertz CT molecular complexity index is 3130. The summed E-state index contributed by atoms with van der Waals surface area (Å²) >= 11 is 1.78. The van der Waals surface area contributed by atoms with Crippen LogP contribution in [0.25, 0.3) is 99.1 Å². The van der Waals surface area contributed by atoms with Gasteiger partial charge in [-0.1, -0.05) is 141 Å². The summed E-state index contributed by atoms with van der Waals surface area (Å²) < 4.78 is 7.73. The van der Waals surface area contributed by atoms with Crippen LogP contribution >= 0.6 is 11.3 Å². The molecule has 0 radical (unpaired) electrons. The van der Waals surface area contributed by atoms with Gasteiger partial charge in [0.2, 0.25) is 0 Å². The van der Waals surface area contributed by atoms with Crippen LogP contribution in [-0.2, 0) is 5.41 Å². The van der Waals surface area contributed by atoms with E-state index in [1.807, 2.05) is 36.4 Å². The van der Waals surface area contributed by atoms with E-state index < -0.39 is 0 Å². The fraction of sp³-hybridized carbons (Fsp3) is 0.0612. The van der Waals surface area contributed by atoms with Crippen LogP contribution in [0.15, 0.2) is 162 Å². The van der Waals surface area contributed by atoms with Gasteiger partial charge in [-0.3, -0.25) is 0 Å². The highest BCUT2D eigenvalue weighted by molar-refractivity contribution is 7.22. The van der Waals surface area contributed by atoms with Crippen LogP contribution < -0.4 is 0 Å². The molecule has 55 heavy (non-hydrogen) atoms. The molecule has 3 heterocycles. The Balaban J connectivity index is 1.08. The van der Waals surface area contributed by atoms with Crippen LogP contribution in [-0.4, -0.2) is 19.9 Å². The lowest BCUT2D eigenvalue weighted by Crippen LogP contribution is -2.15. The molecule has 5 nitrogen and oxygen atoms in total. The number of furan rings is 1. The zero-order valence-electron chi connectivity index (χ0n) is 30.1. The van der Waals surface area contributed by atoms with E-state index in [1.165, 1.54) is 27.0 Å². The molecule has 0 aliphatic heterocycles. The molecule has 3 aromatic heterocycles. The molecule has 0 N–H and O–H groups in total. The van der Waals surface area contributed by atoms with Crippen molar-refractivity contribution in [3.8, 4) is 67.0 Å². The average molecular weight is 725 g/mol. The van der Waals surface area contributed by atoms with E-state index in [1.54, 1.807) is 11.3 Å². The third-order valence-electron chi connectivity index (χ3n) is 11.0. The van der Waals surface area contributed by atoms with Crippen LogP contribution in [0.2, 0.25) is 0 Å². The normalized spacial score (nSPS) is 13.1. The van der Waals surface area contributed by atoms with Gasteiger partial charge < -0.3 is 4.42 Å². The van der Waals surface area contributed by atoms with Crippen molar-refractivity contribution in [1.82, 2.24) is 19.9 Å². The number of nitrogens with zero attached hydrogens (tertiary/aromatic N) is 4. The van der Waals surface area contributed by atoms with E-state index >= 15 is 0 Å². The molecule has 0 unspecified atom stereocenters. The van der Waals surface area contributed by atoms with E-state index in [0.717, 1.165) is 65.8 Å². The van der Waals surface area contributed by atoms with Crippen LogP contribution in [0.1, 0.15) is 25.0 Å². The number of para-hydroxylation sites is 2. The van der Waals surface area contributed by atoms with Crippen molar-refractivity contribution in [2.24, 2.45) is 0 Å². The molecule has 1 aliphatic rings. The lowest BCUT2D eigenvalue weighted by atomic mass is 9.82. The van der Waals surface area contributed by atoms with Crippen LogP contribution in [0.3, 0.4) is 0 Å². The minimum atomic E-state index is -0.275. The van der Waals surface area contributed by atoms with Gasteiger partial charge in [0, 0.05) is 32.9 Å². The summed E-state index contributed by atoms with van der Waals surface area (Å²) in [6.07, 6.45) is 0. The molecular weight excluding hydrogens is 693 g/mol. The summed E-state index contributed by atoms with van der Waals surface area (Å²) in [6, 6.07) is 54.7. The quantitative estimate of drug-likeness (QED) is 0.177. The highest BCUT2D eigenvalue weighted by Gasteiger charge is 2.38. The Morgan fingerprint density at radius 1 is 0.473 bits per heavy atom. The molecule has 7 aromatic carbocycles. The fourth-order valence-corrected chi connectivity index (χ4v) is 9.53. The van der Waals surface area contributed by atoms with Gasteiger partial charge in [0.05, 0.1) is 15.8 Å². The Labute approximate surface area is 321 Å². The van der Waals surface area contributed by atoms with Crippen molar-refractivity contribution >= 4 is 43.5 Å². The van der Waals surface area contributed by atoms with Crippen molar-refractivity contribution in [2.45, 2.75) is 19.3 Å². The van der Waals surface area contributed by atoms with Crippen molar-refractivity contribution in [2.75, 3.05) is 0 Å². The summed E-state index contributed by atoms with van der Waals surface area (Å²) in [4.78, 5) is 20.7. The highest BCUT2D eigenvalue weighted by Crippen LogP contribution is 2.53. The van der Waals surface area contributed by atoms with Crippen molar-refractivity contribution in [3.05, 3.63) is 169 Å². The van der Waals surface area contributed by atoms with Crippen LogP contribution in [0.4, 0.5) is 0 Å². The smallest absolute Gasteiger partial charge is 0.167 e. The second-order valence-corrected chi connectivity index (χ2v) is 15.6. The third-order valence-corrected chi connectivity index (χ3v) is 12.1. The van der Waals surface area contributed by atoms with Gasteiger partial charge >= 0.3 is 0 Å². The molecule has 0 amide bonds. The van der Waals surface area contributed by atoms with Gasteiger partial charge in [0.25, 0.3) is 0 Å². The minimum Gasteiger partial charge on any atom is -0.455 e. The largest absolute Gasteiger partial charge is 0.455 e. The van der Waals surface area contributed by atoms with Gasteiger partial charge in [0.1, 0.15) is 16.2 Å². The standard InChI is InChI=1S/C49H32N4OS/c1-49(2)39-28-33(23-24-34(39)36-25-26-40-44(42(36)49)55-48(50-40)30-15-7-4-8-16-30)46-51-45(32-18-11-17-31(27-32)29-13-5-3-6-14-29)52-47(53-46)38-21-12-20-37-35-19-9-10-22-41(35)54-43(37)38/h3-28H,1-2H3. The monoisotopic (exact) mass is 724 g/mol. The first-order chi connectivity index (χ1) is 27.0. The lowest BCUT2D eigenvalue weighted by Gasteiger charge is -2.22. The minimum absolute atomic E-state index is 0.275. The van der Waals surface area contributed by atoms with Gasteiger partial charge in [-0.05, 0) is 63.7 Å². The predicted octanol–water partition coefficient (Wildman–Crippen LogP) is 13.0. The number of benzene rings is 7. The molecule has 0 fully saturated rings. The van der Waals surface area contributed by atoms with Crippen molar-refractivity contribution in [3.63, 3.8) is 0 Å². The molecule has 0 bridgehead atoms. The maximum Gasteiger partial charge on any atom is 0.167 e. The average Bonchev–Trinajstić information content (AvgIpc) is 3.91. The summed E-state index contributed by atoms with van der Waals surface area (Å²) in [7, 11) is 0. The molecule has 0 atom stereocenters. The van der Waals surface area contributed by atoms with E-state index in [-0.39, 0.29) is 5.41 Å². The molecule has 10 aromatic rings. The maximum absolute atomic E-state index is 6.49. The molecule has 0 spiro atoms. The molecule has 11 rings (SSSR count). The van der Waals surface area contributed by atoms with Gasteiger partial charge in [-0.15, -0.1) is 11.3 Å². The lowest BCUT2D eigenvalue weighted by molar-refractivity contribution is 0.667. The maximum atomic E-state index is 6.49. The van der Waals surface area contributed by atoms with Crippen molar-refractivity contribution in [1.29, 1.82) is 0 Å². The molecule has 0 saturated heterocycles. The molecule has 0 saturated carbocycles. The number of fused-ring (bicyclic) bond motifs is 8. The first-order valence-electron chi connectivity index (χ1n) is 18.5. The zero-order valence-corrected chi connectivity index (χ0v) is 30.9. The van der Waals surface area contributed by atoms with Crippen LogP contribution in [0, 0.1) is 0 Å². The Morgan fingerprint density at radius 2 is 1.11 bits per heavy atom. The van der Waals surface area contributed by atoms with Gasteiger partial charge in [-0.25, -0.2) is 19.9 Å². The molecular formula is C49H32N4OS. The highest BCUT2D eigenvalue weighted by atomic mass is 32.1. The third kappa shape index (κ3) is 5.06. The first kappa shape index (κ1) is 31.7. The second-order valence-electron chi connectivity index (χ2n) is 14.6. The Morgan fingerprint density at radius 3 is 1.93 bits per heavy atom. The first-order valence-corrected chi connectivity index (χ1v) is 19.3. The van der Waals surface area contributed by atoms with Crippen LogP contribution in [0.5, 0.6) is 0 Å². The van der Waals surface area contributed by atoms with E-state index in [4.69, 9.17) is 24.4 Å². The van der Waals surface area contributed by atoms with E-state index in [9.17, 15) is 0 Å². The number of hydrogen-bond acceptors (Lipinski definition) is 6.